The Labute approximate surface area is 141 Å². The van der Waals surface area contributed by atoms with Gasteiger partial charge in [0.05, 0.1) is 0 Å². The van der Waals surface area contributed by atoms with Gasteiger partial charge in [0.2, 0.25) is 0 Å². The molecule has 0 bridgehead atoms. The predicted molar refractivity (Wildman–Crippen MR) is 98.7 cm³/mol. The molecule has 114 valence electrons. The van der Waals surface area contributed by atoms with Crippen LogP contribution in [-0.4, -0.2) is 6.29 Å². The molecule has 0 aromatic heterocycles. The summed E-state index contributed by atoms with van der Waals surface area (Å²) in [6.45, 7) is 0. The zero-order valence-electron chi connectivity index (χ0n) is 12.6. The van der Waals surface area contributed by atoms with Crippen molar-refractivity contribution in [3.63, 3.8) is 0 Å². The quantitative estimate of drug-likeness (QED) is 0.426. The second-order valence-corrected chi connectivity index (χ2v) is 5.26. The molecular weight excluding hydrogens is 304 g/mol. The molecule has 3 aromatic carbocycles. The number of hydrogen-bond donors (Lipinski definition) is 0. The number of rotatable bonds is 3. The molecular formula is C21H17ClO. The van der Waals surface area contributed by atoms with Crippen molar-refractivity contribution < 1.29 is 4.79 Å². The van der Waals surface area contributed by atoms with Gasteiger partial charge in [0, 0.05) is 10.6 Å². The lowest BCUT2D eigenvalue weighted by Gasteiger charge is -1.94. The predicted octanol–water partition coefficient (Wildman–Crippen LogP) is 6.01. The number of hydrogen-bond acceptors (Lipinski definition) is 1. The van der Waals surface area contributed by atoms with Crippen molar-refractivity contribution >= 4 is 30.0 Å². The largest absolute Gasteiger partial charge is 0.298 e. The van der Waals surface area contributed by atoms with E-state index in [1.54, 1.807) is 12.1 Å². The molecule has 3 rings (SSSR count). The molecule has 3 aromatic rings. The Morgan fingerprint density at radius 1 is 0.565 bits per heavy atom. The summed E-state index contributed by atoms with van der Waals surface area (Å²) in [5, 5.41) is 0.770. The first-order valence-electron chi connectivity index (χ1n) is 7.27. The monoisotopic (exact) mass is 320 g/mol. The fourth-order valence-electron chi connectivity index (χ4n) is 1.86. The van der Waals surface area contributed by atoms with Crippen LogP contribution in [0.25, 0.3) is 12.2 Å². The van der Waals surface area contributed by atoms with Crippen LogP contribution in [-0.2, 0) is 0 Å². The number of aldehydes is 1. The molecule has 2 heteroatoms. The summed E-state index contributed by atoms with van der Waals surface area (Å²) in [4.78, 5) is 10.0. The number of carbonyl (C=O) groups is 1. The molecule has 0 fully saturated rings. The summed E-state index contributed by atoms with van der Waals surface area (Å²) >= 11 is 5.80. The summed E-state index contributed by atoms with van der Waals surface area (Å²) in [5.41, 5.74) is 3.09. The van der Waals surface area contributed by atoms with Gasteiger partial charge >= 0.3 is 0 Å². The Hall–Kier alpha value is -2.64. The molecule has 0 saturated carbocycles. The lowest BCUT2D eigenvalue weighted by molar-refractivity contribution is 0.112. The van der Waals surface area contributed by atoms with Gasteiger partial charge in [-0.25, -0.2) is 0 Å². The minimum atomic E-state index is 0.729. The lowest BCUT2D eigenvalue weighted by Crippen LogP contribution is -1.73. The fourth-order valence-corrected chi connectivity index (χ4v) is 1.99. The van der Waals surface area contributed by atoms with E-state index in [-0.39, 0.29) is 0 Å². The maximum Gasteiger partial charge on any atom is 0.150 e. The van der Waals surface area contributed by atoms with E-state index in [4.69, 9.17) is 11.6 Å². The highest BCUT2D eigenvalue weighted by atomic mass is 35.5. The van der Waals surface area contributed by atoms with Crippen LogP contribution in [0.15, 0.2) is 84.9 Å². The third-order valence-corrected chi connectivity index (χ3v) is 3.33. The molecule has 0 spiro atoms. The molecule has 1 nitrogen and oxygen atoms in total. The Kier molecular flexibility index (Phi) is 6.83. The molecule has 0 radical (unpaired) electrons. The van der Waals surface area contributed by atoms with Gasteiger partial charge in [0.1, 0.15) is 6.29 Å². The fraction of sp³-hybridized carbons (Fsp3) is 0. The first-order valence-corrected chi connectivity index (χ1v) is 7.64. The molecule has 0 aliphatic carbocycles. The van der Waals surface area contributed by atoms with Gasteiger partial charge in [-0.2, -0.15) is 0 Å². The van der Waals surface area contributed by atoms with Gasteiger partial charge in [-0.15, -0.1) is 0 Å². The van der Waals surface area contributed by atoms with E-state index >= 15 is 0 Å². The van der Waals surface area contributed by atoms with E-state index in [2.05, 4.69) is 24.3 Å². The maximum atomic E-state index is 10.0. The summed E-state index contributed by atoms with van der Waals surface area (Å²) in [6.07, 6.45) is 4.99. The molecule has 0 aliphatic rings. The molecule has 0 unspecified atom stereocenters. The third kappa shape index (κ3) is 6.33. The highest BCUT2D eigenvalue weighted by molar-refractivity contribution is 6.30. The summed E-state index contributed by atoms with van der Waals surface area (Å²) in [5.74, 6) is 0. The minimum Gasteiger partial charge on any atom is -0.298 e. The highest BCUT2D eigenvalue weighted by Gasteiger charge is 1.88. The molecule has 23 heavy (non-hydrogen) atoms. The smallest absolute Gasteiger partial charge is 0.150 e. The molecule has 0 heterocycles. The Bertz CT molecular complexity index is 732. The van der Waals surface area contributed by atoms with Crippen LogP contribution in [0.5, 0.6) is 0 Å². The average molecular weight is 321 g/mol. The van der Waals surface area contributed by atoms with Crippen LogP contribution in [0, 0.1) is 0 Å². The van der Waals surface area contributed by atoms with Crippen molar-refractivity contribution in [1.29, 1.82) is 0 Å². The van der Waals surface area contributed by atoms with Crippen LogP contribution in [0.1, 0.15) is 21.5 Å². The summed E-state index contributed by atoms with van der Waals surface area (Å²) in [6, 6.07) is 27.1. The van der Waals surface area contributed by atoms with E-state index in [0.29, 0.717) is 0 Å². The van der Waals surface area contributed by atoms with Crippen LogP contribution < -0.4 is 0 Å². The molecule has 0 atom stereocenters. The van der Waals surface area contributed by atoms with E-state index in [1.165, 1.54) is 5.56 Å². The van der Waals surface area contributed by atoms with E-state index in [9.17, 15) is 4.79 Å². The van der Waals surface area contributed by atoms with Gasteiger partial charge < -0.3 is 0 Å². The van der Waals surface area contributed by atoms with Crippen molar-refractivity contribution in [3.8, 4) is 0 Å². The second-order valence-electron chi connectivity index (χ2n) is 4.82. The lowest BCUT2D eigenvalue weighted by atomic mass is 10.1. The normalized spacial score (nSPS) is 9.96. The van der Waals surface area contributed by atoms with Crippen molar-refractivity contribution in [3.05, 3.63) is 107 Å². The van der Waals surface area contributed by atoms with Crippen molar-refractivity contribution in [2.75, 3.05) is 0 Å². The van der Waals surface area contributed by atoms with Crippen LogP contribution in [0.4, 0.5) is 0 Å². The molecule has 0 saturated heterocycles. The van der Waals surface area contributed by atoms with Crippen LogP contribution in [0.2, 0.25) is 5.02 Å². The van der Waals surface area contributed by atoms with Gasteiger partial charge in [-0.05, 0) is 23.3 Å². The first kappa shape index (κ1) is 16.7. The molecule has 0 N–H and O–H groups in total. The Balaban J connectivity index is 0.000000203. The zero-order valence-corrected chi connectivity index (χ0v) is 13.4. The molecule has 0 aliphatic heterocycles. The van der Waals surface area contributed by atoms with Gasteiger partial charge in [0.25, 0.3) is 0 Å². The van der Waals surface area contributed by atoms with Gasteiger partial charge in [-0.1, -0.05) is 96.5 Å². The maximum absolute atomic E-state index is 10.0. The van der Waals surface area contributed by atoms with E-state index < -0.39 is 0 Å². The van der Waals surface area contributed by atoms with Crippen LogP contribution in [0.3, 0.4) is 0 Å². The van der Waals surface area contributed by atoms with Crippen molar-refractivity contribution in [2.45, 2.75) is 0 Å². The highest BCUT2D eigenvalue weighted by Crippen LogP contribution is 2.12. The standard InChI is InChI=1S/C14H11Cl.C7H6O/c15-14-10-8-13(9-11-14)7-6-12-4-2-1-3-5-12;8-6-7-4-2-1-3-5-7/h1-11H;1-6H/b7-6+;. The van der Waals surface area contributed by atoms with Gasteiger partial charge in [0.15, 0.2) is 0 Å². The Morgan fingerprint density at radius 3 is 1.43 bits per heavy atom. The molecule has 0 amide bonds. The summed E-state index contributed by atoms with van der Waals surface area (Å²) in [7, 11) is 0. The Morgan fingerprint density at radius 2 is 1.00 bits per heavy atom. The van der Waals surface area contributed by atoms with Crippen molar-refractivity contribution in [1.82, 2.24) is 0 Å². The van der Waals surface area contributed by atoms with E-state index in [0.717, 1.165) is 22.4 Å². The first-order chi connectivity index (χ1) is 11.3. The topological polar surface area (TPSA) is 17.1 Å². The third-order valence-electron chi connectivity index (χ3n) is 3.07. The zero-order chi connectivity index (χ0) is 16.3. The minimum absolute atomic E-state index is 0.729. The summed E-state index contributed by atoms with van der Waals surface area (Å²) < 4.78 is 0. The van der Waals surface area contributed by atoms with Crippen molar-refractivity contribution in [2.24, 2.45) is 0 Å². The van der Waals surface area contributed by atoms with E-state index in [1.807, 2.05) is 60.7 Å². The average Bonchev–Trinajstić information content (AvgIpc) is 2.63. The number of carbonyl (C=O) groups excluding carboxylic acids is 1. The number of benzene rings is 3. The SMILES string of the molecule is Clc1ccc(/C=C/c2ccccc2)cc1.O=Cc1ccccc1. The van der Waals surface area contributed by atoms with Gasteiger partial charge in [-0.3, -0.25) is 4.79 Å². The van der Waals surface area contributed by atoms with Crippen LogP contribution >= 0.6 is 11.6 Å². The number of halogens is 1. The second kappa shape index (κ2) is 9.39.